The Labute approximate surface area is 122 Å². The van der Waals surface area contributed by atoms with Gasteiger partial charge in [0.15, 0.2) is 0 Å². The zero-order valence-corrected chi connectivity index (χ0v) is 12.0. The third-order valence-corrected chi connectivity index (χ3v) is 3.50. The first-order valence-corrected chi connectivity index (χ1v) is 6.32. The second kappa shape index (κ2) is 6.62. The van der Waals surface area contributed by atoms with Crippen LogP contribution in [0.4, 0.5) is 0 Å². The molecule has 1 aliphatic carbocycles. The van der Waals surface area contributed by atoms with E-state index < -0.39 is 0 Å². The highest BCUT2D eigenvalue weighted by atomic mass is 35.5. The topological polar surface area (TPSA) is 55.1 Å². The smallest absolute Gasteiger partial charge is 0.223 e. The van der Waals surface area contributed by atoms with Crippen LogP contribution in [0.5, 0.6) is 0 Å². The highest BCUT2D eigenvalue weighted by molar-refractivity contribution is 6.35. The van der Waals surface area contributed by atoms with Crippen LogP contribution in [0.25, 0.3) is 0 Å². The van der Waals surface area contributed by atoms with Gasteiger partial charge in [0.25, 0.3) is 0 Å². The largest absolute Gasteiger partial charge is 0.355 e. The van der Waals surface area contributed by atoms with Gasteiger partial charge in [-0.1, -0.05) is 29.3 Å². The Hall–Kier alpha value is -0.480. The van der Waals surface area contributed by atoms with Gasteiger partial charge in [0.2, 0.25) is 5.91 Å². The van der Waals surface area contributed by atoms with Gasteiger partial charge in [0, 0.05) is 29.1 Å². The first kappa shape index (κ1) is 15.6. The van der Waals surface area contributed by atoms with Crippen molar-refractivity contribution < 1.29 is 4.79 Å². The summed E-state index contributed by atoms with van der Waals surface area (Å²) in [6.07, 6.45) is 0.845. The first-order chi connectivity index (χ1) is 8.13. The number of carbonyl (C=O) groups excluding carboxylic acids is 1. The van der Waals surface area contributed by atoms with E-state index in [1.165, 1.54) is 0 Å². The Kier molecular flexibility index (Phi) is 5.73. The number of benzene rings is 1. The van der Waals surface area contributed by atoms with Crippen molar-refractivity contribution in [3.05, 3.63) is 33.8 Å². The predicted molar refractivity (Wildman–Crippen MR) is 76.6 cm³/mol. The SMILES string of the molecule is Cl.NCCNC(=O)C1CC1c1ccc(Cl)cc1Cl. The van der Waals surface area contributed by atoms with Gasteiger partial charge in [-0.2, -0.15) is 0 Å². The van der Waals surface area contributed by atoms with Crippen LogP contribution in [0, 0.1) is 5.92 Å². The van der Waals surface area contributed by atoms with Crippen molar-refractivity contribution in [1.29, 1.82) is 0 Å². The summed E-state index contributed by atoms with van der Waals surface area (Å²) in [5, 5.41) is 4.04. The molecule has 6 heteroatoms. The van der Waals surface area contributed by atoms with Crippen molar-refractivity contribution >= 4 is 41.5 Å². The maximum absolute atomic E-state index is 11.7. The minimum atomic E-state index is 0. The van der Waals surface area contributed by atoms with E-state index in [0.717, 1.165) is 12.0 Å². The maximum atomic E-state index is 11.7. The van der Waals surface area contributed by atoms with E-state index in [4.69, 9.17) is 28.9 Å². The van der Waals surface area contributed by atoms with Crippen LogP contribution in [-0.4, -0.2) is 19.0 Å². The molecule has 3 N–H and O–H groups in total. The fourth-order valence-corrected chi connectivity index (χ4v) is 2.51. The van der Waals surface area contributed by atoms with Gasteiger partial charge >= 0.3 is 0 Å². The molecule has 0 radical (unpaired) electrons. The summed E-state index contributed by atoms with van der Waals surface area (Å²) in [6.45, 7) is 0.987. The highest BCUT2D eigenvalue weighted by Gasteiger charge is 2.44. The molecule has 1 aromatic carbocycles. The Morgan fingerprint density at radius 1 is 1.44 bits per heavy atom. The van der Waals surface area contributed by atoms with E-state index in [1.807, 2.05) is 6.07 Å². The second-order valence-corrected chi connectivity index (χ2v) is 5.04. The fourth-order valence-electron chi connectivity index (χ4n) is 1.96. The van der Waals surface area contributed by atoms with Crippen molar-refractivity contribution in [3.63, 3.8) is 0 Å². The molecule has 100 valence electrons. The Morgan fingerprint density at radius 3 is 2.78 bits per heavy atom. The molecule has 1 fully saturated rings. The van der Waals surface area contributed by atoms with Gasteiger partial charge < -0.3 is 11.1 Å². The van der Waals surface area contributed by atoms with Gasteiger partial charge in [-0.3, -0.25) is 4.79 Å². The molecule has 1 amide bonds. The number of carbonyl (C=O) groups is 1. The van der Waals surface area contributed by atoms with Crippen molar-refractivity contribution in [2.75, 3.05) is 13.1 Å². The number of hydrogen-bond donors (Lipinski definition) is 2. The maximum Gasteiger partial charge on any atom is 0.223 e. The van der Waals surface area contributed by atoms with E-state index in [9.17, 15) is 4.79 Å². The molecule has 1 saturated carbocycles. The zero-order valence-electron chi connectivity index (χ0n) is 9.66. The number of rotatable bonds is 4. The molecule has 0 saturated heterocycles. The molecule has 2 atom stereocenters. The third-order valence-electron chi connectivity index (χ3n) is 2.93. The van der Waals surface area contributed by atoms with Gasteiger partial charge in [-0.05, 0) is 30.0 Å². The lowest BCUT2D eigenvalue weighted by molar-refractivity contribution is -0.122. The van der Waals surface area contributed by atoms with Crippen LogP contribution in [0.2, 0.25) is 10.0 Å². The number of amides is 1. The molecule has 18 heavy (non-hydrogen) atoms. The zero-order chi connectivity index (χ0) is 12.4. The van der Waals surface area contributed by atoms with E-state index >= 15 is 0 Å². The summed E-state index contributed by atoms with van der Waals surface area (Å²) in [5.74, 6) is 0.309. The Balaban J connectivity index is 0.00000162. The molecule has 0 bridgehead atoms. The van der Waals surface area contributed by atoms with Crippen molar-refractivity contribution in [2.24, 2.45) is 11.7 Å². The molecule has 2 unspecified atom stereocenters. The second-order valence-electron chi connectivity index (χ2n) is 4.19. The van der Waals surface area contributed by atoms with Gasteiger partial charge in [0.1, 0.15) is 0 Å². The van der Waals surface area contributed by atoms with Crippen molar-refractivity contribution in [2.45, 2.75) is 12.3 Å². The van der Waals surface area contributed by atoms with Crippen molar-refractivity contribution in [1.82, 2.24) is 5.32 Å². The molecular weight excluding hydrogens is 295 g/mol. The van der Waals surface area contributed by atoms with E-state index in [1.54, 1.807) is 12.1 Å². The quantitative estimate of drug-likeness (QED) is 0.898. The van der Waals surface area contributed by atoms with Crippen LogP contribution in [0.15, 0.2) is 18.2 Å². The van der Waals surface area contributed by atoms with Gasteiger partial charge in [-0.25, -0.2) is 0 Å². The average molecular weight is 310 g/mol. The van der Waals surface area contributed by atoms with Crippen molar-refractivity contribution in [3.8, 4) is 0 Å². The Bertz CT molecular complexity index is 439. The normalized spacial score (nSPS) is 21.1. The summed E-state index contributed by atoms with van der Waals surface area (Å²) >= 11 is 11.9. The number of halogens is 3. The summed E-state index contributed by atoms with van der Waals surface area (Å²) in [6, 6.07) is 5.41. The minimum absolute atomic E-state index is 0. The molecule has 0 heterocycles. The van der Waals surface area contributed by atoms with Crippen LogP contribution in [0.1, 0.15) is 17.9 Å². The Morgan fingerprint density at radius 2 is 2.17 bits per heavy atom. The van der Waals surface area contributed by atoms with Crippen LogP contribution < -0.4 is 11.1 Å². The standard InChI is InChI=1S/C12H14Cl2N2O.ClH/c13-7-1-2-8(11(14)5-7)9-6-10(9)12(17)16-4-3-15;/h1-2,5,9-10H,3-4,6,15H2,(H,16,17);1H. The molecule has 0 aromatic heterocycles. The molecular formula is C12H15Cl3N2O. The van der Waals surface area contributed by atoms with E-state index in [2.05, 4.69) is 5.32 Å². The molecule has 0 spiro atoms. The summed E-state index contributed by atoms with van der Waals surface area (Å²) in [7, 11) is 0. The summed E-state index contributed by atoms with van der Waals surface area (Å²) in [5.41, 5.74) is 6.34. The van der Waals surface area contributed by atoms with E-state index in [-0.39, 0.29) is 30.2 Å². The van der Waals surface area contributed by atoms with Crippen LogP contribution in [-0.2, 0) is 4.79 Å². The monoisotopic (exact) mass is 308 g/mol. The molecule has 1 aromatic rings. The van der Waals surface area contributed by atoms with E-state index in [0.29, 0.717) is 23.1 Å². The lowest BCUT2D eigenvalue weighted by Gasteiger charge is -2.05. The summed E-state index contributed by atoms with van der Waals surface area (Å²) in [4.78, 5) is 11.7. The predicted octanol–water partition coefficient (Wildman–Crippen LogP) is 2.59. The van der Waals surface area contributed by atoms with Gasteiger partial charge in [0.05, 0.1) is 0 Å². The van der Waals surface area contributed by atoms with Gasteiger partial charge in [-0.15, -0.1) is 12.4 Å². The lowest BCUT2D eigenvalue weighted by atomic mass is 10.1. The lowest BCUT2D eigenvalue weighted by Crippen LogP contribution is -2.30. The molecule has 0 aliphatic heterocycles. The fraction of sp³-hybridized carbons (Fsp3) is 0.417. The molecule has 1 aliphatic rings. The number of nitrogens with one attached hydrogen (secondary N) is 1. The number of hydrogen-bond acceptors (Lipinski definition) is 2. The van der Waals surface area contributed by atoms with Crippen LogP contribution in [0.3, 0.4) is 0 Å². The minimum Gasteiger partial charge on any atom is -0.355 e. The van der Waals surface area contributed by atoms with Crippen LogP contribution >= 0.6 is 35.6 Å². The highest BCUT2D eigenvalue weighted by Crippen LogP contribution is 2.49. The average Bonchev–Trinajstić information content (AvgIpc) is 3.06. The molecule has 2 rings (SSSR count). The molecule has 3 nitrogen and oxygen atoms in total. The first-order valence-electron chi connectivity index (χ1n) is 5.56. The third kappa shape index (κ3) is 3.51. The summed E-state index contributed by atoms with van der Waals surface area (Å²) < 4.78 is 0. The number of nitrogens with two attached hydrogens (primary N) is 1.